The number of hydrogen-bond acceptors (Lipinski definition) is 4. The summed E-state index contributed by atoms with van der Waals surface area (Å²) < 4.78 is 0. The predicted octanol–water partition coefficient (Wildman–Crippen LogP) is 3.10. The van der Waals surface area contributed by atoms with Crippen LogP contribution >= 0.6 is 11.3 Å². The number of nitrogens with two attached hydrogens (primary N) is 1. The second-order valence-electron chi connectivity index (χ2n) is 4.27. The highest BCUT2D eigenvalue weighted by Gasteiger charge is 2.12. The second-order valence-corrected chi connectivity index (χ2v) is 5.13. The van der Waals surface area contributed by atoms with Gasteiger partial charge in [0.05, 0.1) is 11.3 Å². The largest absolute Gasteiger partial charge is 0.398 e. The molecule has 5 heteroatoms. The Hall–Kier alpha value is -1.88. The van der Waals surface area contributed by atoms with E-state index < -0.39 is 0 Å². The third kappa shape index (κ3) is 2.68. The fraction of sp³-hybridized carbons (Fsp3) is 0.231. The van der Waals surface area contributed by atoms with Crippen LogP contribution in [0.4, 0.5) is 10.8 Å². The van der Waals surface area contributed by atoms with Crippen molar-refractivity contribution in [2.75, 3.05) is 11.1 Å². The molecular formula is C13H15N3OS. The number of carbonyl (C=O) groups is 1. The number of aromatic nitrogens is 1. The number of nitrogen functional groups attached to an aromatic ring is 1. The minimum atomic E-state index is -0.224. The van der Waals surface area contributed by atoms with Crippen molar-refractivity contribution in [2.24, 2.45) is 0 Å². The molecule has 0 radical (unpaired) electrons. The van der Waals surface area contributed by atoms with Gasteiger partial charge in [-0.1, -0.05) is 26.0 Å². The normalized spacial score (nSPS) is 10.6. The van der Waals surface area contributed by atoms with Crippen molar-refractivity contribution in [3.63, 3.8) is 0 Å². The molecule has 0 aliphatic rings. The maximum Gasteiger partial charge on any atom is 0.259 e. The molecule has 0 spiro atoms. The first kappa shape index (κ1) is 12.6. The van der Waals surface area contributed by atoms with E-state index in [0.717, 1.165) is 5.69 Å². The monoisotopic (exact) mass is 261 g/mol. The quantitative estimate of drug-likeness (QED) is 0.834. The average Bonchev–Trinajstić information content (AvgIpc) is 2.78. The Labute approximate surface area is 110 Å². The van der Waals surface area contributed by atoms with Gasteiger partial charge in [0.2, 0.25) is 0 Å². The van der Waals surface area contributed by atoms with Crippen molar-refractivity contribution < 1.29 is 4.79 Å². The van der Waals surface area contributed by atoms with E-state index in [-0.39, 0.29) is 5.91 Å². The average molecular weight is 261 g/mol. The van der Waals surface area contributed by atoms with Gasteiger partial charge >= 0.3 is 0 Å². The van der Waals surface area contributed by atoms with Gasteiger partial charge in [-0.15, -0.1) is 11.3 Å². The molecule has 0 atom stereocenters. The fourth-order valence-corrected chi connectivity index (χ4v) is 2.34. The molecule has 0 fully saturated rings. The van der Waals surface area contributed by atoms with Crippen LogP contribution < -0.4 is 11.1 Å². The summed E-state index contributed by atoms with van der Waals surface area (Å²) >= 11 is 1.42. The molecule has 0 bridgehead atoms. The van der Waals surface area contributed by atoms with E-state index in [9.17, 15) is 4.79 Å². The van der Waals surface area contributed by atoms with E-state index >= 15 is 0 Å². The van der Waals surface area contributed by atoms with Crippen molar-refractivity contribution >= 4 is 28.1 Å². The minimum Gasteiger partial charge on any atom is -0.398 e. The molecule has 0 saturated heterocycles. The second kappa shape index (κ2) is 5.18. The van der Waals surface area contributed by atoms with Crippen LogP contribution in [0.2, 0.25) is 0 Å². The van der Waals surface area contributed by atoms with E-state index in [1.807, 2.05) is 5.38 Å². The first-order valence-electron chi connectivity index (χ1n) is 5.69. The van der Waals surface area contributed by atoms with Crippen LogP contribution in [0.1, 0.15) is 35.8 Å². The number of nitrogens with zero attached hydrogens (tertiary/aromatic N) is 1. The van der Waals surface area contributed by atoms with Crippen LogP contribution in [0.5, 0.6) is 0 Å². The number of para-hydroxylation sites is 1. The van der Waals surface area contributed by atoms with Crippen molar-refractivity contribution in [1.82, 2.24) is 4.98 Å². The number of thiazole rings is 1. The standard InChI is InChI=1S/C13H15N3OS/c1-8(2)11-7-18-13(15-11)16-12(17)9-5-3-4-6-10(9)14/h3-8H,14H2,1-2H3,(H,15,16,17). The van der Waals surface area contributed by atoms with Crippen molar-refractivity contribution in [3.05, 3.63) is 40.9 Å². The molecule has 0 unspecified atom stereocenters. The van der Waals surface area contributed by atoms with Crippen LogP contribution in [0, 0.1) is 0 Å². The van der Waals surface area contributed by atoms with Crippen LogP contribution in [0.25, 0.3) is 0 Å². The van der Waals surface area contributed by atoms with Gasteiger partial charge in [0, 0.05) is 11.1 Å². The van der Waals surface area contributed by atoms with Gasteiger partial charge in [0.25, 0.3) is 5.91 Å². The van der Waals surface area contributed by atoms with Gasteiger partial charge in [-0.2, -0.15) is 0 Å². The zero-order valence-electron chi connectivity index (χ0n) is 10.3. The number of hydrogen-bond donors (Lipinski definition) is 2. The Balaban J connectivity index is 2.14. The molecule has 4 nitrogen and oxygen atoms in total. The Bertz CT molecular complexity index is 563. The third-order valence-corrected chi connectivity index (χ3v) is 3.32. The summed E-state index contributed by atoms with van der Waals surface area (Å²) in [6.45, 7) is 4.13. The smallest absolute Gasteiger partial charge is 0.259 e. The predicted molar refractivity (Wildman–Crippen MR) is 75.0 cm³/mol. The molecule has 2 rings (SSSR count). The number of nitrogens with one attached hydrogen (secondary N) is 1. The number of anilines is 2. The lowest BCUT2D eigenvalue weighted by Crippen LogP contribution is -2.13. The molecule has 1 amide bonds. The van der Waals surface area contributed by atoms with Gasteiger partial charge in [0.1, 0.15) is 0 Å². The molecule has 3 N–H and O–H groups in total. The molecule has 1 heterocycles. The molecule has 2 aromatic rings. The van der Waals surface area contributed by atoms with Gasteiger partial charge in [-0.25, -0.2) is 4.98 Å². The van der Waals surface area contributed by atoms with E-state index in [1.54, 1.807) is 24.3 Å². The highest BCUT2D eigenvalue weighted by Crippen LogP contribution is 2.22. The summed E-state index contributed by atoms with van der Waals surface area (Å²) in [7, 11) is 0. The van der Waals surface area contributed by atoms with Gasteiger partial charge in [-0.3, -0.25) is 10.1 Å². The minimum absolute atomic E-state index is 0.224. The van der Waals surface area contributed by atoms with E-state index in [0.29, 0.717) is 22.3 Å². The van der Waals surface area contributed by atoms with E-state index in [2.05, 4.69) is 24.1 Å². The van der Waals surface area contributed by atoms with Crippen LogP contribution in [0.15, 0.2) is 29.6 Å². The summed E-state index contributed by atoms with van der Waals surface area (Å²) in [6, 6.07) is 6.98. The maximum atomic E-state index is 12.0. The zero-order chi connectivity index (χ0) is 13.1. The summed E-state index contributed by atoms with van der Waals surface area (Å²) in [6.07, 6.45) is 0. The number of carbonyl (C=O) groups excluding carboxylic acids is 1. The lowest BCUT2D eigenvalue weighted by atomic mass is 10.2. The van der Waals surface area contributed by atoms with Gasteiger partial charge < -0.3 is 5.73 Å². The molecular weight excluding hydrogens is 246 g/mol. The fourth-order valence-electron chi connectivity index (χ4n) is 1.48. The first-order chi connectivity index (χ1) is 8.58. The topological polar surface area (TPSA) is 68.0 Å². The summed E-state index contributed by atoms with van der Waals surface area (Å²) in [5, 5.41) is 5.32. The van der Waals surface area contributed by atoms with Crippen molar-refractivity contribution in [1.29, 1.82) is 0 Å². The van der Waals surface area contributed by atoms with Crippen LogP contribution in [-0.4, -0.2) is 10.9 Å². The van der Waals surface area contributed by atoms with Crippen molar-refractivity contribution in [3.8, 4) is 0 Å². The van der Waals surface area contributed by atoms with Crippen LogP contribution in [0.3, 0.4) is 0 Å². The summed E-state index contributed by atoms with van der Waals surface area (Å²) in [5.74, 6) is 0.131. The Morgan fingerprint density at radius 3 is 2.72 bits per heavy atom. The molecule has 18 heavy (non-hydrogen) atoms. The van der Waals surface area contributed by atoms with E-state index in [4.69, 9.17) is 5.73 Å². The van der Waals surface area contributed by atoms with Crippen molar-refractivity contribution in [2.45, 2.75) is 19.8 Å². The summed E-state index contributed by atoms with van der Waals surface area (Å²) in [4.78, 5) is 16.3. The molecule has 1 aromatic heterocycles. The summed E-state index contributed by atoms with van der Waals surface area (Å²) in [5.41, 5.74) is 7.67. The highest BCUT2D eigenvalue weighted by atomic mass is 32.1. The molecule has 0 saturated carbocycles. The Morgan fingerprint density at radius 2 is 2.11 bits per heavy atom. The highest BCUT2D eigenvalue weighted by molar-refractivity contribution is 7.14. The number of amides is 1. The van der Waals surface area contributed by atoms with E-state index in [1.165, 1.54) is 11.3 Å². The first-order valence-corrected chi connectivity index (χ1v) is 6.57. The van der Waals surface area contributed by atoms with Gasteiger partial charge in [0.15, 0.2) is 5.13 Å². The van der Waals surface area contributed by atoms with Gasteiger partial charge in [-0.05, 0) is 18.1 Å². The Kier molecular flexibility index (Phi) is 3.62. The molecule has 0 aliphatic heterocycles. The SMILES string of the molecule is CC(C)c1csc(NC(=O)c2ccccc2N)n1. The zero-order valence-corrected chi connectivity index (χ0v) is 11.1. The third-order valence-electron chi connectivity index (χ3n) is 2.54. The number of rotatable bonds is 3. The molecule has 1 aromatic carbocycles. The molecule has 0 aliphatic carbocycles. The Morgan fingerprint density at radius 1 is 1.39 bits per heavy atom. The van der Waals surface area contributed by atoms with Crippen LogP contribution in [-0.2, 0) is 0 Å². The lowest BCUT2D eigenvalue weighted by Gasteiger charge is -2.04. The molecule has 94 valence electrons. The number of benzene rings is 1. The maximum absolute atomic E-state index is 12.0. The lowest BCUT2D eigenvalue weighted by molar-refractivity contribution is 0.102.